The summed E-state index contributed by atoms with van der Waals surface area (Å²) in [4.78, 5) is 0. The van der Waals surface area contributed by atoms with E-state index in [9.17, 15) is 0 Å². The number of nitrogens with one attached hydrogen (secondary N) is 1. The summed E-state index contributed by atoms with van der Waals surface area (Å²) in [6.45, 7) is 4.26. The van der Waals surface area contributed by atoms with Crippen LogP contribution < -0.4 is 5.32 Å². The Kier molecular flexibility index (Phi) is 3.78. The van der Waals surface area contributed by atoms with E-state index in [2.05, 4.69) is 23.5 Å². The van der Waals surface area contributed by atoms with Crippen molar-refractivity contribution in [2.75, 3.05) is 6.54 Å². The standard InChI is InChI=1S/C12H21N3/c1-2-13-12(11-6-3-4-7-11)10-15-9-5-8-14-15/h5,8-9,11-13H,2-4,6-7,10H2,1H3. The maximum atomic E-state index is 4.29. The first-order chi connectivity index (χ1) is 7.40. The number of nitrogens with zero attached hydrogens (tertiary/aromatic N) is 2. The van der Waals surface area contributed by atoms with Crippen LogP contribution in [-0.4, -0.2) is 22.4 Å². The van der Waals surface area contributed by atoms with E-state index < -0.39 is 0 Å². The molecule has 0 radical (unpaired) electrons. The summed E-state index contributed by atoms with van der Waals surface area (Å²) in [5.74, 6) is 0.856. The summed E-state index contributed by atoms with van der Waals surface area (Å²) in [6.07, 6.45) is 9.51. The summed E-state index contributed by atoms with van der Waals surface area (Å²) in [5, 5.41) is 7.89. The van der Waals surface area contributed by atoms with Crippen LogP contribution in [-0.2, 0) is 6.54 Å². The minimum absolute atomic E-state index is 0.609. The van der Waals surface area contributed by atoms with E-state index in [0.717, 1.165) is 19.0 Å². The lowest BCUT2D eigenvalue weighted by molar-refractivity contribution is 0.317. The van der Waals surface area contributed by atoms with Gasteiger partial charge in [-0.3, -0.25) is 4.68 Å². The fourth-order valence-corrected chi connectivity index (χ4v) is 2.61. The number of hydrogen-bond acceptors (Lipinski definition) is 2. The Morgan fingerprint density at radius 1 is 1.47 bits per heavy atom. The molecule has 1 aromatic heterocycles. The maximum absolute atomic E-state index is 4.29. The molecule has 0 aromatic carbocycles. The Morgan fingerprint density at radius 3 is 2.87 bits per heavy atom. The summed E-state index contributed by atoms with van der Waals surface area (Å²) in [5.41, 5.74) is 0. The zero-order valence-corrected chi connectivity index (χ0v) is 9.52. The van der Waals surface area contributed by atoms with Crippen molar-refractivity contribution in [2.45, 2.75) is 45.2 Å². The molecule has 3 heteroatoms. The van der Waals surface area contributed by atoms with Gasteiger partial charge in [-0.15, -0.1) is 0 Å². The third-order valence-electron chi connectivity index (χ3n) is 3.38. The zero-order chi connectivity index (χ0) is 10.5. The second-order valence-corrected chi connectivity index (χ2v) is 4.44. The van der Waals surface area contributed by atoms with Crippen LogP contribution in [0.15, 0.2) is 18.5 Å². The van der Waals surface area contributed by atoms with Crippen molar-refractivity contribution in [3.63, 3.8) is 0 Å². The summed E-state index contributed by atoms with van der Waals surface area (Å²) in [7, 11) is 0. The van der Waals surface area contributed by atoms with Crippen LogP contribution >= 0.6 is 0 Å². The van der Waals surface area contributed by atoms with Crippen molar-refractivity contribution in [3.8, 4) is 0 Å². The van der Waals surface area contributed by atoms with E-state index in [0.29, 0.717) is 6.04 Å². The Morgan fingerprint density at radius 2 is 2.27 bits per heavy atom. The van der Waals surface area contributed by atoms with Crippen molar-refractivity contribution < 1.29 is 0 Å². The van der Waals surface area contributed by atoms with Gasteiger partial charge in [-0.2, -0.15) is 5.10 Å². The highest BCUT2D eigenvalue weighted by Gasteiger charge is 2.24. The topological polar surface area (TPSA) is 29.9 Å². The van der Waals surface area contributed by atoms with Gasteiger partial charge in [0.05, 0.1) is 6.54 Å². The molecule has 0 saturated heterocycles. The molecule has 1 saturated carbocycles. The second kappa shape index (κ2) is 5.31. The molecule has 1 unspecified atom stereocenters. The van der Waals surface area contributed by atoms with Gasteiger partial charge in [-0.05, 0) is 31.4 Å². The maximum Gasteiger partial charge on any atom is 0.0565 e. The summed E-state index contributed by atoms with van der Waals surface area (Å²) < 4.78 is 2.05. The molecule has 1 aliphatic carbocycles. The lowest BCUT2D eigenvalue weighted by atomic mass is 9.98. The van der Waals surface area contributed by atoms with Crippen molar-refractivity contribution in [1.82, 2.24) is 15.1 Å². The fraction of sp³-hybridized carbons (Fsp3) is 0.750. The van der Waals surface area contributed by atoms with Gasteiger partial charge < -0.3 is 5.32 Å². The van der Waals surface area contributed by atoms with E-state index in [-0.39, 0.29) is 0 Å². The Bertz CT molecular complexity index is 262. The highest BCUT2D eigenvalue weighted by atomic mass is 15.3. The van der Waals surface area contributed by atoms with Gasteiger partial charge >= 0.3 is 0 Å². The largest absolute Gasteiger partial charge is 0.312 e. The molecule has 0 spiro atoms. The molecule has 3 nitrogen and oxygen atoms in total. The molecule has 1 aliphatic rings. The highest BCUT2D eigenvalue weighted by Crippen LogP contribution is 2.28. The third kappa shape index (κ3) is 2.81. The van der Waals surface area contributed by atoms with Crippen LogP contribution in [0.2, 0.25) is 0 Å². The lowest BCUT2D eigenvalue weighted by Gasteiger charge is -2.24. The molecule has 84 valence electrons. The molecule has 1 heterocycles. The minimum atomic E-state index is 0.609. The predicted octanol–water partition coefficient (Wildman–Crippen LogP) is 2.05. The van der Waals surface area contributed by atoms with E-state index in [1.807, 2.05) is 16.9 Å². The molecular formula is C12H21N3. The van der Waals surface area contributed by atoms with Crippen molar-refractivity contribution in [1.29, 1.82) is 0 Å². The Balaban J connectivity index is 1.93. The molecule has 1 aromatic rings. The molecule has 15 heavy (non-hydrogen) atoms. The first kappa shape index (κ1) is 10.7. The van der Waals surface area contributed by atoms with Crippen LogP contribution in [0, 0.1) is 5.92 Å². The van der Waals surface area contributed by atoms with Gasteiger partial charge in [0.25, 0.3) is 0 Å². The van der Waals surface area contributed by atoms with Crippen molar-refractivity contribution in [2.24, 2.45) is 5.92 Å². The van der Waals surface area contributed by atoms with E-state index >= 15 is 0 Å². The van der Waals surface area contributed by atoms with Gasteiger partial charge in [0, 0.05) is 18.4 Å². The highest BCUT2D eigenvalue weighted by molar-refractivity contribution is 4.84. The fourth-order valence-electron chi connectivity index (χ4n) is 2.61. The molecular weight excluding hydrogens is 186 g/mol. The average molecular weight is 207 g/mol. The van der Waals surface area contributed by atoms with Crippen LogP contribution in [0.5, 0.6) is 0 Å². The van der Waals surface area contributed by atoms with Gasteiger partial charge in [-0.1, -0.05) is 19.8 Å². The van der Waals surface area contributed by atoms with Crippen LogP contribution in [0.25, 0.3) is 0 Å². The molecule has 1 atom stereocenters. The summed E-state index contributed by atoms with van der Waals surface area (Å²) in [6, 6.07) is 2.61. The predicted molar refractivity (Wildman–Crippen MR) is 61.6 cm³/mol. The average Bonchev–Trinajstić information content (AvgIpc) is 2.89. The van der Waals surface area contributed by atoms with Gasteiger partial charge in [0.15, 0.2) is 0 Å². The molecule has 1 N–H and O–H groups in total. The minimum Gasteiger partial charge on any atom is -0.312 e. The first-order valence-electron chi connectivity index (χ1n) is 6.11. The van der Waals surface area contributed by atoms with E-state index in [4.69, 9.17) is 0 Å². The van der Waals surface area contributed by atoms with Crippen molar-refractivity contribution in [3.05, 3.63) is 18.5 Å². The SMILES string of the molecule is CCNC(Cn1cccn1)C1CCCC1. The number of rotatable bonds is 5. The van der Waals surface area contributed by atoms with Crippen molar-refractivity contribution >= 4 is 0 Å². The van der Waals surface area contributed by atoms with Gasteiger partial charge in [0.2, 0.25) is 0 Å². The Labute approximate surface area is 91.9 Å². The van der Waals surface area contributed by atoms with Gasteiger partial charge in [0.1, 0.15) is 0 Å². The zero-order valence-electron chi connectivity index (χ0n) is 9.52. The van der Waals surface area contributed by atoms with E-state index in [1.165, 1.54) is 25.7 Å². The first-order valence-corrected chi connectivity index (χ1v) is 6.11. The normalized spacial score (nSPS) is 19.5. The molecule has 1 fully saturated rings. The quantitative estimate of drug-likeness (QED) is 0.801. The van der Waals surface area contributed by atoms with E-state index in [1.54, 1.807) is 0 Å². The summed E-state index contributed by atoms with van der Waals surface area (Å²) >= 11 is 0. The second-order valence-electron chi connectivity index (χ2n) is 4.44. The van der Waals surface area contributed by atoms with Gasteiger partial charge in [-0.25, -0.2) is 0 Å². The number of likely N-dealkylation sites (N-methyl/N-ethyl adjacent to an activating group) is 1. The molecule has 2 rings (SSSR count). The van der Waals surface area contributed by atoms with Crippen LogP contribution in [0.1, 0.15) is 32.6 Å². The number of aromatic nitrogens is 2. The van der Waals surface area contributed by atoms with Crippen LogP contribution in [0.4, 0.5) is 0 Å². The Hall–Kier alpha value is -0.830. The lowest BCUT2D eigenvalue weighted by Crippen LogP contribution is -2.38. The smallest absolute Gasteiger partial charge is 0.0565 e. The number of hydrogen-bond donors (Lipinski definition) is 1. The molecule has 0 bridgehead atoms. The molecule has 0 aliphatic heterocycles. The molecule has 0 amide bonds. The third-order valence-corrected chi connectivity index (χ3v) is 3.38. The monoisotopic (exact) mass is 207 g/mol. The van der Waals surface area contributed by atoms with Crippen LogP contribution in [0.3, 0.4) is 0 Å².